The van der Waals surface area contributed by atoms with E-state index in [1.807, 2.05) is 27.1 Å². The molecule has 0 unspecified atom stereocenters. The summed E-state index contributed by atoms with van der Waals surface area (Å²) in [6, 6.07) is 0. The van der Waals surface area contributed by atoms with Crippen LogP contribution in [-0.2, 0) is 16.6 Å². The molecule has 0 atom stereocenters. The smallest absolute Gasteiger partial charge is 0.246 e. The number of aromatic nitrogens is 2. The number of hydrogen-bond acceptors (Lipinski definition) is 4. The Morgan fingerprint density at radius 3 is 2.41 bits per heavy atom. The first-order valence-electron chi connectivity index (χ1n) is 5.58. The minimum Gasteiger partial charge on any atom is -0.350 e. The molecule has 2 rings (SSSR count). The van der Waals surface area contributed by atoms with Gasteiger partial charge in [0.15, 0.2) is 0 Å². The molecule has 0 aliphatic carbocycles. The van der Waals surface area contributed by atoms with Crippen molar-refractivity contribution in [1.29, 1.82) is 0 Å². The van der Waals surface area contributed by atoms with Crippen molar-refractivity contribution in [3.05, 3.63) is 11.9 Å². The standard InChI is InChI=1S/C11H16N4O2/c1-7(2)11-8(4-14(3)13-11)15-5-9(16)12-10(17)6-15/h4,7H,5-6H2,1-3H3,(H,12,16,17). The molecule has 6 heteroatoms. The highest BCUT2D eigenvalue weighted by atomic mass is 16.2. The molecule has 6 nitrogen and oxygen atoms in total. The van der Waals surface area contributed by atoms with E-state index in [1.165, 1.54) is 0 Å². The fraction of sp³-hybridized carbons (Fsp3) is 0.545. The molecule has 1 aliphatic rings. The van der Waals surface area contributed by atoms with Gasteiger partial charge in [0.2, 0.25) is 11.8 Å². The Morgan fingerprint density at radius 1 is 1.29 bits per heavy atom. The second-order valence-corrected chi connectivity index (χ2v) is 4.56. The maximum atomic E-state index is 11.3. The average molecular weight is 236 g/mol. The average Bonchev–Trinajstić information content (AvgIpc) is 2.59. The van der Waals surface area contributed by atoms with Crippen molar-refractivity contribution < 1.29 is 9.59 Å². The van der Waals surface area contributed by atoms with Crippen LogP contribution in [0.1, 0.15) is 25.5 Å². The number of anilines is 1. The first kappa shape index (κ1) is 11.6. The van der Waals surface area contributed by atoms with E-state index >= 15 is 0 Å². The summed E-state index contributed by atoms with van der Waals surface area (Å²) in [5, 5.41) is 6.66. The van der Waals surface area contributed by atoms with Crippen LogP contribution in [0.3, 0.4) is 0 Å². The number of nitrogens with zero attached hydrogens (tertiary/aromatic N) is 3. The third-order valence-electron chi connectivity index (χ3n) is 2.67. The van der Waals surface area contributed by atoms with Gasteiger partial charge in [-0.05, 0) is 5.92 Å². The first-order valence-corrected chi connectivity index (χ1v) is 5.58. The van der Waals surface area contributed by atoms with Gasteiger partial charge in [0, 0.05) is 13.2 Å². The summed E-state index contributed by atoms with van der Waals surface area (Å²) in [6.07, 6.45) is 1.85. The lowest BCUT2D eigenvalue weighted by Gasteiger charge is -2.27. The molecule has 0 radical (unpaired) electrons. The highest BCUT2D eigenvalue weighted by Gasteiger charge is 2.26. The van der Waals surface area contributed by atoms with Crippen LogP contribution in [0.15, 0.2) is 6.20 Å². The van der Waals surface area contributed by atoms with Crippen LogP contribution >= 0.6 is 0 Å². The Kier molecular flexibility index (Phi) is 2.87. The number of hydrogen-bond donors (Lipinski definition) is 1. The van der Waals surface area contributed by atoms with Gasteiger partial charge in [-0.25, -0.2) is 0 Å². The van der Waals surface area contributed by atoms with Gasteiger partial charge in [-0.15, -0.1) is 0 Å². The van der Waals surface area contributed by atoms with Gasteiger partial charge >= 0.3 is 0 Å². The third-order valence-corrected chi connectivity index (χ3v) is 2.67. The molecular formula is C11H16N4O2. The predicted molar refractivity (Wildman–Crippen MR) is 62.7 cm³/mol. The van der Waals surface area contributed by atoms with Gasteiger partial charge in [-0.3, -0.25) is 19.6 Å². The van der Waals surface area contributed by atoms with E-state index in [-0.39, 0.29) is 30.8 Å². The summed E-state index contributed by atoms with van der Waals surface area (Å²) in [4.78, 5) is 24.5. The van der Waals surface area contributed by atoms with Crippen molar-refractivity contribution in [2.45, 2.75) is 19.8 Å². The van der Waals surface area contributed by atoms with Crippen molar-refractivity contribution in [3.8, 4) is 0 Å². The molecule has 2 amide bonds. The summed E-state index contributed by atoms with van der Waals surface area (Å²) in [6.45, 7) is 4.49. The Labute approximate surface area is 99.6 Å². The number of rotatable bonds is 2. The maximum absolute atomic E-state index is 11.3. The van der Waals surface area contributed by atoms with Crippen LogP contribution < -0.4 is 10.2 Å². The molecule has 1 aromatic rings. The number of piperazine rings is 1. The Bertz CT molecular complexity index is 448. The monoisotopic (exact) mass is 236 g/mol. The largest absolute Gasteiger partial charge is 0.350 e. The lowest BCUT2D eigenvalue weighted by atomic mass is 10.1. The second kappa shape index (κ2) is 4.20. The Morgan fingerprint density at radius 2 is 1.88 bits per heavy atom. The molecule has 92 valence electrons. The number of carbonyl (C=O) groups is 2. The summed E-state index contributed by atoms with van der Waals surface area (Å²) >= 11 is 0. The van der Waals surface area contributed by atoms with Crippen LogP contribution in [0.2, 0.25) is 0 Å². The summed E-state index contributed by atoms with van der Waals surface area (Å²) in [7, 11) is 1.83. The number of nitrogens with one attached hydrogen (secondary N) is 1. The summed E-state index contributed by atoms with van der Waals surface area (Å²) in [5.74, 6) is -0.272. The van der Waals surface area contributed by atoms with Crippen molar-refractivity contribution in [2.75, 3.05) is 18.0 Å². The van der Waals surface area contributed by atoms with E-state index in [4.69, 9.17) is 0 Å². The highest BCUT2D eigenvalue weighted by Crippen LogP contribution is 2.26. The molecular weight excluding hydrogens is 220 g/mol. The van der Waals surface area contributed by atoms with Crippen molar-refractivity contribution in [3.63, 3.8) is 0 Å². The van der Waals surface area contributed by atoms with Crippen molar-refractivity contribution in [1.82, 2.24) is 15.1 Å². The van der Waals surface area contributed by atoms with E-state index in [9.17, 15) is 9.59 Å². The van der Waals surface area contributed by atoms with Gasteiger partial charge in [-0.2, -0.15) is 5.10 Å². The third kappa shape index (κ3) is 2.30. The molecule has 2 heterocycles. The molecule has 0 spiro atoms. The van der Waals surface area contributed by atoms with Gasteiger partial charge in [0.05, 0.1) is 24.5 Å². The first-order chi connectivity index (χ1) is 7.97. The van der Waals surface area contributed by atoms with Crippen molar-refractivity contribution in [2.24, 2.45) is 7.05 Å². The van der Waals surface area contributed by atoms with E-state index in [0.717, 1.165) is 11.4 Å². The molecule has 0 aromatic carbocycles. The highest BCUT2D eigenvalue weighted by molar-refractivity contribution is 6.02. The molecule has 1 aromatic heterocycles. The molecule has 17 heavy (non-hydrogen) atoms. The molecule has 1 fully saturated rings. The second-order valence-electron chi connectivity index (χ2n) is 4.56. The molecule has 1 saturated heterocycles. The Balaban J connectivity index is 2.32. The number of carbonyl (C=O) groups excluding carboxylic acids is 2. The van der Waals surface area contributed by atoms with Gasteiger partial charge < -0.3 is 4.90 Å². The Hall–Kier alpha value is -1.85. The van der Waals surface area contributed by atoms with Crippen LogP contribution in [0.25, 0.3) is 0 Å². The van der Waals surface area contributed by atoms with E-state index < -0.39 is 0 Å². The summed E-state index contributed by atoms with van der Waals surface area (Å²) in [5.41, 5.74) is 1.78. The van der Waals surface area contributed by atoms with Crippen LogP contribution in [-0.4, -0.2) is 34.7 Å². The number of imide groups is 1. The van der Waals surface area contributed by atoms with Gasteiger partial charge in [0.1, 0.15) is 0 Å². The summed E-state index contributed by atoms with van der Waals surface area (Å²) < 4.78 is 1.71. The fourth-order valence-corrected chi connectivity index (χ4v) is 1.96. The lowest BCUT2D eigenvalue weighted by molar-refractivity contribution is -0.130. The minimum atomic E-state index is -0.264. The minimum absolute atomic E-state index is 0.206. The quantitative estimate of drug-likeness (QED) is 0.734. The molecule has 0 saturated carbocycles. The molecule has 1 aliphatic heterocycles. The van der Waals surface area contributed by atoms with Crippen LogP contribution in [0.4, 0.5) is 5.69 Å². The fourth-order valence-electron chi connectivity index (χ4n) is 1.96. The zero-order valence-electron chi connectivity index (χ0n) is 10.2. The zero-order chi connectivity index (χ0) is 12.6. The van der Waals surface area contributed by atoms with E-state index in [0.29, 0.717) is 0 Å². The van der Waals surface area contributed by atoms with Gasteiger partial charge in [0.25, 0.3) is 0 Å². The molecule has 1 N–H and O–H groups in total. The zero-order valence-corrected chi connectivity index (χ0v) is 10.2. The normalized spacial score (nSPS) is 16.6. The van der Waals surface area contributed by atoms with Crippen molar-refractivity contribution >= 4 is 17.5 Å². The SMILES string of the molecule is CC(C)c1nn(C)cc1N1CC(=O)NC(=O)C1. The maximum Gasteiger partial charge on any atom is 0.246 e. The van der Waals surface area contributed by atoms with E-state index in [2.05, 4.69) is 10.4 Å². The number of amides is 2. The van der Waals surface area contributed by atoms with Gasteiger partial charge in [-0.1, -0.05) is 13.8 Å². The van der Waals surface area contributed by atoms with Crippen LogP contribution in [0.5, 0.6) is 0 Å². The van der Waals surface area contributed by atoms with Crippen LogP contribution in [0, 0.1) is 0 Å². The molecule has 0 bridgehead atoms. The predicted octanol–water partition coefficient (Wildman–Crippen LogP) is 0.00630. The topological polar surface area (TPSA) is 67.2 Å². The lowest BCUT2D eigenvalue weighted by Crippen LogP contribution is -2.51. The number of aryl methyl sites for hydroxylation is 1. The van der Waals surface area contributed by atoms with E-state index in [1.54, 1.807) is 9.58 Å².